The van der Waals surface area contributed by atoms with E-state index in [1.807, 2.05) is 0 Å². The molecule has 2 heteroatoms. The van der Waals surface area contributed by atoms with Gasteiger partial charge in [-0.25, -0.2) is 0 Å². The Bertz CT molecular complexity index is 375. The first-order valence-electron chi connectivity index (χ1n) is 7.26. The average Bonchev–Trinajstić information content (AvgIpc) is 2.39. The fraction of sp³-hybridized carbons (Fsp3) is 0.625. The second-order valence-electron chi connectivity index (χ2n) is 5.67. The highest BCUT2D eigenvalue weighted by Gasteiger charge is 2.16. The van der Waals surface area contributed by atoms with Gasteiger partial charge in [0.15, 0.2) is 0 Å². The first-order valence-corrected chi connectivity index (χ1v) is 7.26. The topological polar surface area (TPSA) is 15.3 Å². The van der Waals surface area contributed by atoms with Crippen molar-refractivity contribution < 1.29 is 0 Å². The maximum atomic E-state index is 3.60. The molecule has 1 aromatic carbocycles. The molecule has 0 amide bonds. The van der Waals surface area contributed by atoms with Gasteiger partial charge in [0, 0.05) is 24.8 Å². The van der Waals surface area contributed by atoms with E-state index in [-0.39, 0.29) is 0 Å². The minimum atomic E-state index is 0.629. The molecule has 1 aliphatic rings. The van der Waals surface area contributed by atoms with Gasteiger partial charge in [-0.2, -0.15) is 0 Å². The average molecular weight is 246 g/mol. The van der Waals surface area contributed by atoms with Crippen molar-refractivity contribution in [3.05, 3.63) is 29.8 Å². The minimum absolute atomic E-state index is 0.629. The molecule has 0 bridgehead atoms. The molecule has 2 rings (SSSR count). The Morgan fingerprint density at radius 1 is 1.33 bits per heavy atom. The predicted octanol–water partition coefficient (Wildman–Crippen LogP) is 3.07. The lowest BCUT2D eigenvalue weighted by Crippen LogP contribution is -2.42. The largest absolute Gasteiger partial charge is 0.371 e. The van der Waals surface area contributed by atoms with Crippen LogP contribution in [-0.4, -0.2) is 25.7 Å². The van der Waals surface area contributed by atoms with Crippen molar-refractivity contribution in [3.63, 3.8) is 0 Å². The summed E-state index contributed by atoms with van der Waals surface area (Å²) in [7, 11) is 0. The van der Waals surface area contributed by atoms with Crippen LogP contribution < -0.4 is 10.2 Å². The molecule has 1 N–H and O–H groups in total. The fourth-order valence-corrected chi connectivity index (χ4v) is 2.59. The number of nitrogens with zero attached hydrogens (tertiary/aromatic N) is 1. The maximum absolute atomic E-state index is 3.60. The van der Waals surface area contributed by atoms with E-state index in [4.69, 9.17) is 0 Å². The van der Waals surface area contributed by atoms with Gasteiger partial charge < -0.3 is 10.2 Å². The van der Waals surface area contributed by atoms with Crippen LogP contribution in [-0.2, 0) is 6.42 Å². The molecule has 18 heavy (non-hydrogen) atoms. The molecule has 0 aromatic heterocycles. The third kappa shape index (κ3) is 3.49. The smallest absolute Gasteiger partial charge is 0.0369 e. The van der Waals surface area contributed by atoms with Crippen molar-refractivity contribution in [1.29, 1.82) is 0 Å². The van der Waals surface area contributed by atoms with E-state index in [2.05, 4.69) is 55.3 Å². The minimum Gasteiger partial charge on any atom is -0.371 e. The summed E-state index contributed by atoms with van der Waals surface area (Å²) in [6.07, 6.45) is 2.35. The summed E-state index contributed by atoms with van der Waals surface area (Å²) in [4.78, 5) is 2.56. The van der Waals surface area contributed by atoms with E-state index in [0.29, 0.717) is 12.0 Å². The maximum Gasteiger partial charge on any atom is 0.0369 e. The number of hydrogen-bond donors (Lipinski definition) is 1. The molecular formula is C16H26N2. The van der Waals surface area contributed by atoms with Gasteiger partial charge in [0.1, 0.15) is 0 Å². The van der Waals surface area contributed by atoms with Crippen molar-refractivity contribution >= 4 is 5.69 Å². The molecule has 0 aliphatic carbocycles. The summed E-state index contributed by atoms with van der Waals surface area (Å²) in [5.41, 5.74) is 2.84. The summed E-state index contributed by atoms with van der Waals surface area (Å²) in [6.45, 7) is 10.3. The molecule has 2 unspecified atom stereocenters. The van der Waals surface area contributed by atoms with Crippen LogP contribution in [0.2, 0.25) is 0 Å². The Balaban J connectivity index is 2.13. The van der Waals surface area contributed by atoms with Crippen LogP contribution in [0.15, 0.2) is 24.3 Å². The predicted molar refractivity (Wildman–Crippen MR) is 79.3 cm³/mol. The number of hydrogen-bond acceptors (Lipinski definition) is 2. The Morgan fingerprint density at radius 3 is 2.94 bits per heavy atom. The molecule has 2 atom stereocenters. The van der Waals surface area contributed by atoms with E-state index >= 15 is 0 Å². The van der Waals surface area contributed by atoms with Crippen molar-refractivity contribution in [3.8, 4) is 0 Å². The number of aryl methyl sites for hydroxylation is 1. The van der Waals surface area contributed by atoms with Crippen molar-refractivity contribution in [2.24, 2.45) is 5.92 Å². The first kappa shape index (κ1) is 13.4. The first-order chi connectivity index (χ1) is 8.69. The molecule has 1 aliphatic heterocycles. The monoisotopic (exact) mass is 246 g/mol. The lowest BCUT2D eigenvalue weighted by atomic mass is 10.1. The van der Waals surface area contributed by atoms with Crippen LogP contribution in [0.5, 0.6) is 0 Å². The van der Waals surface area contributed by atoms with E-state index < -0.39 is 0 Å². The highest BCUT2D eigenvalue weighted by Crippen LogP contribution is 2.20. The van der Waals surface area contributed by atoms with Crippen LogP contribution in [0.4, 0.5) is 5.69 Å². The highest BCUT2D eigenvalue weighted by atomic mass is 15.1. The number of anilines is 1. The second kappa shape index (κ2) is 6.24. The highest BCUT2D eigenvalue weighted by molar-refractivity contribution is 5.48. The quantitative estimate of drug-likeness (QED) is 0.862. The summed E-state index contributed by atoms with van der Waals surface area (Å²) >= 11 is 0. The molecule has 1 saturated heterocycles. The summed E-state index contributed by atoms with van der Waals surface area (Å²) < 4.78 is 0. The van der Waals surface area contributed by atoms with E-state index in [1.54, 1.807) is 0 Å². The molecule has 2 nitrogen and oxygen atoms in total. The van der Waals surface area contributed by atoms with Gasteiger partial charge >= 0.3 is 0 Å². The van der Waals surface area contributed by atoms with Gasteiger partial charge in [0.2, 0.25) is 0 Å². The molecule has 1 aromatic rings. The normalized spacial score (nSPS) is 25.6. The van der Waals surface area contributed by atoms with Gasteiger partial charge in [0.25, 0.3) is 0 Å². The molecule has 0 radical (unpaired) electrons. The number of rotatable bonds is 2. The Hall–Kier alpha value is -1.02. The molecule has 1 heterocycles. The Morgan fingerprint density at radius 2 is 2.17 bits per heavy atom. The summed E-state index contributed by atoms with van der Waals surface area (Å²) in [5.74, 6) is 0.707. The molecule has 0 spiro atoms. The molecule has 100 valence electrons. The van der Waals surface area contributed by atoms with E-state index in [0.717, 1.165) is 26.1 Å². The van der Waals surface area contributed by atoms with Crippen molar-refractivity contribution in [2.45, 2.75) is 39.7 Å². The third-order valence-electron chi connectivity index (χ3n) is 3.86. The molecule has 1 fully saturated rings. The van der Waals surface area contributed by atoms with Crippen LogP contribution in [0.25, 0.3) is 0 Å². The Kier molecular flexibility index (Phi) is 4.65. The zero-order chi connectivity index (χ0) is 13.0. The number of nitrogens with one attached hydrogen (secondary N) is 1. The number of benzene rings is 1. The van der Waals surface area contributed by atoms with E-state index in [9.17, 15) is 0 Å². The van der Waals surface area contributed by atoms with Gasteiger partial charge in [-0.3, -0.25) is 0 Å². The molecule has 0 saturated carbocycles. The van der Waals surface area contributed by atoms with Crippen molar-refractivity contribution in [1.82, 2.24) is 5.32 Å². The van der Waals surface area contributed by atoms with Gasteiger partial charge in [-0.05, 0) is 49.9 Å². The summed E-state index contributed by atoms with van der Waals surface area (Å²) in [6, 6.07) is 9.66. The van der Waals surface area contributed by atoms with Crippen molar-refractivity contribution in [2.75, 3.05) is 24.5 Å². The zero-order valence-corrected chi connectivity index (χ0v) is 11.9. The fourth-order valence-electron chi connectivity index (χ4n) is 2.59. The van der Waals surface area contributed by atoms with Crippen LogP contribution in [0.1, 0.15) is 32.8 Å². The lowest BCUT2D eigenvalue weighted by Gasteiger charge is -2.33. The van der Waals surface area contributed by atoms with Crippen LogP contribution in [0.3, 0.4) is 0 Å². The zero-order valence-electron chi connectivity index (χ0n) is 11.9. The Labute approximate surface area is 111 Å². The lowest BCUT2D eigenvalue weighted by molar-refractivity contribution is 0.411. The molecular weight excluding hydrogens is 220 g/mol. The van der Waals surface area contributed by atoms with Gasteiger partial charge in [0.05, 0.1) is 0 Å². The van der Waals surface area contributed by atoms with Gasteiger partial charge in [-0.1, -0.05) is 26.0 Å². The van der Waals surface area contributed by atoms with Crippen LogP contribution >= 0.6 is 0 Å². The second-order valence-corrected chi connectivity index (χ2v) is 5.67. The van der Waals surface area contributed by atoms with Gasteiger partial charge in [-0.15, -0.1) is 0 Å². The van der Waals surface area contributed by atoms with Crippen LogP contribution in [0, 0.1) is 5.92 Å². The third-order valence-corrected chi connectivity index (χ3v) is 3.86. The SMILES string of the molecule is CCc1cccc(N2CCC(C)NCC(C)C2)c1. The summed E-state index contributed by atoms with van der Waals surface area (Å²) in [5, 5.41) is 3.60. The van der Waals surface area contributed by atoms with E-state index in [1.165, 1.54) is 17.7 Å². The standard InChI is InChI=1S/C16H26N2/c1-4-15-6-5-7-16(10-15)18-9-8-14(3)17-11-13(2)12-18/h5-7,10,13-14,17H,4,8-9,11-12H2,1-3H3.